The summed E-state index contributed by atoms with van der Waals surface area (Å²) in [4.78, 5) is 13.8. The number of nitrogens with one attached hydrogen (secondary N) is 1. The zero-order chi connectivity index (χ0) is 12.2. The van der Waals surface area contributed by atoms with E-state index in [1.54, 1.807) is 4.57 Å². The smallest absolute Gasteiger partial charge is 0.252 e. The lowest BCUT2D eigenvalue weighted by atomic mass is 10.2. The van der Waals surface area contributed by atoms with Gasteiger partial charge in [-0.2, -0.15) is 0 Å². The van der Waals surface area contributed by atoms with E-state index in [4.69, 9.17) is 22.1 Å². The molecule has 17 heavy (non-hydrogen) atoms. The summed E-state index contributed by atoms with van der Waals surface area (Å²) in [6.07, 6.45) is -1.79. The molecule has 3 heterocycles. The van der Waals surface area contributed by atoms with E-state index in [2.05, 4.69) is 4.98 Å². The fraction of sp³-hybridized carbons (Fsp3) is 0.556. The molecule has 3 N–H and O–H groups in total. The molecule has 1 fully saturated rings. The molecule has 0 amide bonds. The van der Waals surface area contributed by atoms with E-state index in [1.807, 2.05) is 0 Å². The predicted molar refractivity (Wildman–Crippen MR) is 62.5 cm³/mol. The van der Waals surface area contributed by atoms with Gasteiger partial charge in [-0.25, -0.2) is 0 Å². The van der Waals surface area contributed by atoms with Gasteiger partial charge in [-0.1, -0.05) is 11.8 Å². The quantitative estimate of drug-likeness (QED) is 0.478. The van der Waals surface area contributed by atoms with Crippen molar-refractivity contribution in [3.8, 4) is 0 Å². The Labute approximate surface area is 105 Å². The summed E-state index contributed by atoms with van der Waals surface area (Å²) in [5.41, 5.74) is -0.262. The minimum absolute atomic E-state index is 0.232. The highest BCUT2D eigenvalue weighted by molar-refractivity contribution is 8.00. The Morgan fingerprint density at radius 1 is 1.65 bits per heavy atom. The first-order valence-electron chi connectivity index (χ1n) is 5.08. The van der Waals surface area contributed by atoms with Gasteiger partial charge in [0.15, 0.2) is 11.0 Å². The standard InChI is InChI=1S/C9H10N2O4S2/c12-2-3-6(14)7-8(15-3)11-5(17-7)1-4(13)10-9(11)16/h1,3,6-8,12,14H,2H2,(H,10,13,16)/t3-,6-,7+,8-/m1/s1. The van der Waals surface area contributed by atoms with Crippen molar-refractivity contribution in [2.24, 2.45) is 0 Å². The number of fused-ring (bicyclic) bond motifs is 3. The number of hydrogen-bond acceptors (Lipinski definition) is 6. The summed E-state index contributed by atoms with van der Waals surface area (Å²) in [6.45, 7) is -0.235. The van der Waals surface area contributed by atoms with Crippen molar-refractivity contribution in [2.45, 2.75) is 28.7 Å². The van der Waals surface area contributed by atoms with Crippen molar-refractivity contribution >= 4 is 24.0 Å². The van der Waals surface area contributed by atoms with Crippen molar-refractivity contribution in [1.29, 1.82) is 0 Å². The Morgan fingerprint density at radius 3 is 3.12 bits per heavy atom. The maximum atomic E-state index is 11.3. The number of aromatic amines is 1. The van der Waals surface area contributed by atoms with Crippen LogP contribution in [0.25, 0.3) is 0 Å². The van der Waals surface area contributed by atoms with Crippen LogP contribution < -0.4 is 5.56 Å². The van der Waals surface area contributed by atoms with Crippen LogP contribution in [0.4, 0.5) is 0 Å². The second-order valence-corrected chi connectivity index (χ2v) is 5.55. The number of hydrogen-bond donors (Lipinski definition) is 3. The first-order valence-corrected chi connectivity index (χ1v) is 6.37. The molecule has 1 aromatic heterocycles. The Morgan fingerprint density at radius 2 is 2.41 bits per heavy atom. The van der Waals surface area contributed by atoms with Crippen LogP contribution in [0.3, 0.4) is 0 Å². The SMILES string of the molecule is O=c1cc2n(c(=S)[nH]1)[C@@H]1O[C@H](CO)[C@@H](O)[C@@H]1S2. The summed E-state index contributed by atoms with van der Waals surface area (Å²) < 4.78 is 7.50. The normalized spacial score (nSPS) is 34.7. The summed E-state index contributed by atoms with van der Waals surface area (Å²) >= 11 is 6.43. The molecule has 3 rings (SSSR count). The molecule has 0 radical (unpaired) electrons. The van der Waals surface area contributed by atoms with E-state index in [0.717, 1.165) is 0 Å². The molecular weight excluding hydrogens is 264 g/mol. The molecule has 92 valence electrons. The molecule has 1 saturated heterocycles. The molecule has 0 aliphatic carbocycles. The van der Waals surface area contributed by atoms with Gasteiger partial charge in [0, 0.05) is 6.07 Å². The Balaban J connectivity index is 2.08. The number of aliphatic hydroxyl groups is 2. The van der Waals surface area contributed by atoms with Crippen LogP contribution in [0.2, 0.25) is 0 Å². The lowest BCUT2D eigenvalue weighted by molar-refractivity contribution is -0.0469. The largest absolute Gasteiger partial charge is 0.394 e. The van der Waals surface area contributed by atoms with Gasteiger partial charge in [0.1, 0.15) is 6.10 Å². The van der Waals surface area contributed by atoms with Gasteiger partial charge >= 0.3 is 0 Å². The molecule has 0 aromatic carbocycles. The molecule has 0 saturated carbocycles. The van der Waals surface area contributed by atoms with Crippen LogP contribution in [0, 0.1) is 4.77 Å². The molecule has 2 aliphatic rings. The lowest BCUT2D eigenvalue weighted by Gasteiger charge is -2.14. The molecule has 2 aliphatic heterocycles. The second kappa shape index (κ2) is 3.92. The minimum Gasteiger partial charge on any atom is -0.394 e. The molecule has 1 aromatic rings. The van der Waals surface area contributed by atoms with Gasteiger partial charge in [-0.15, -0.1) is 0 Å². The van der Waals surface area contributed by atoms with Crippen LogP contribution in [0.5, 0.6) is 0 Å². The zero-order valence-electron chi connectivity index (χ0n) is 8.57. The number of ether oxygens (including phenoxy) is 1. The third kappa shape index (κ3) is 1.59. The molecular formula is C9H10N2O4S2. The zero-order valence-corrected chi connectivity index (χ0v) is 10.2. The van der Waals surface area contributed by atoms with Crippen molar-refractivity contribution < 1.29 is 14.9 Å². The van der Waals surface area contributed by atoms with E-state index < -0.39 is 18.4 Å². The highest BCUT2D eigenvalue weighted by Crippen LogP contribution is 2.47. The van der Waals surface area contributed by atoms with Crippen LogP contribution in [0.15, 0.2) is 15.9 Å². The van der Waals surface area contributed by atoms with Crippen molar-refractivity contribution in [2.75, 3.05) is 6.61 Å². The topological polar surface area (TPSA) is 87.5 Å². The molecule has 0 spiro atoms. The summed E-state index contributed by atoms with van der Waals surface area (Å²) in [6, 6.07) is 1.43. The Hall–Kier alpha value is -0.670. The molecule has 4 atom stereocenters. The maximum Gasteiger partial charge on any atom is 0.252 e. The van der Waals surface area contributed by atoms with Crippen LogP contribution >= 0.6 is 24.0 Å². The number of nitrogens with zero attached hydrogens (tertiary/aromatic N) is 1. The van der Waals surface area contributed by atoms with Gasteiger partial charge in [0.25, 0.3) is 5.56 Å². The van der Waals surface area contributed by atoms with E-state index in [9.17, 15) is 9.90 Å². The van der Waals surface area contributed by atoms with E-state index in [0.29, 0.717) is 5.03 Å². The number of aromatic nitrogens is 2. The van der Waals surface area contributed by atoms with Crippen molar-refractivity contribution in [3.63, 3.8) is 0 Å². The van der Waals surface area contributed by atoms with Gasteiger partial charge in [-0.05, 0) is 12.2 Å². The minimum atomic E-state index is -0.764. The number of H-pyrrole nitrogens is 1. The maximum absolute atomic E-state index is 11.3. The molecule has 0 bridgehead atoms. The summed E-state index contributed by atoms with van der Waals surface area (Å²) in [5, 5.41) is 19.5. The first kappa shape index (κ1) is 11.4. The van der Waals surface area contributed by atoms with Crippen molar-refractivity contribution in [3.05, 3.63) is 21.2 Å². The highest BCUT2D eigenvalue weighted by atomic mass is 32.2. The molecule has 0 unspecified atom stereocenters. The van der Waals surface area contributed by atoms with Gasteiger partial charge in [0.05, 0.1) is 23.0 Å². The third-order valence-electron chi connectivity index (χ3n) is 2.94. The van der Waals surface area contributed by atoms with Gasteiger partial charge < -0.3 is 14.9 Å². The van der Waals surface area contributed by atoms with Crippen molar-refractivity contribution in [1.82, 2.24) is 9.55 Å². The van der Waals surface area contributed by atoms with Gasteiger partial charge in [-0.3, -0.25) is 14.3 Å². The van der Waals surface area contributed by atoms with Gasteiger partial charge in [0.2, 0.25) is 0 Å². The van der Waals surface area contributed by atoms with Crippen LogP contribution in [-0.4, -0.2) is 43.8 Å². The van der Waals surface area contributed by atoms with E-state index in [1.165, 1.54) is 17.8 Å². The van der Waals surface area contributed by atoms with E-state index >= 15 is 0 Å². The van der Waals surface area contributed by atoms with E-state index in [-0.39, 0.29) is 22.2 Å². The number of aliphatic hydroxyl groups excluding tert-OH is 2. The fourth-order valence-corrected chi connectivity index (χ4v) is 3.90. The van der Waals surface area contributed by atoms with Crippen LogP contribution in [-0.2, 0) is 4.74 Å². The third-order valence-corrected chi connectivity index (χ3v) is 4.58. The first-order chi connectivity index (χ1) is 8.11. The highest BCUT2D eigenvalue weighted by Gasteiger charge is 2.49. The summed E-state index contributed by atoms with van der Waals surface area (Å²) in [5.74, 6) is 0. The second-order valence-electron chi connectivity index (χ2n) is 3.97. The molecule has 8 heteroatoms. The predicted octanol–water partition coefficient (Wildman–Crippen LogP) is -0.369. The lowest BCUT2D eigenvalue weighted by Crippen LogP contribution is -2.30. The average molecular weight is 274 g/mol. The fourth-order valence-electron chi connectivity index (χ4n) is 2.16. The Kier molecular flexibility index (Phi) is 2.64. The van der Waals surface area contributed by atoms with Crippen LogP contribution in [0.1, 0.15) is 6.23 Å². The monoisotopic (exact) mass is 274 g/mol. The number of thioether (sulfide) groups is 1. The Bertz CT molecular complexity index is 569. The average Bonchev–Trinajstić information content (AvgIpc) is 2.75. The summed E-state index contributed by atoms with van der Waals surface area (Å²) in [7, 11) is 0. The molecule has 6 nitrogen and oxygen atoms in total. The number of rotatable bonds is 1.